The zero-order valence-electron chi connectivity index (χ0n) is 6.61. The van der Waals surface area contributed by atoms with Crippen molar-refractivity contribution in [3.05, 3.63) is 30.5 Å². The maximum atomic E-state index is 11.1. The highest BCUT2D eigenvalue weighted by atomic mass is 32.2. The maximum absolute atomic E-state index is 11.1. The molecule has 0 bridgehead atoms. The van der Waals surface area contributed by atoms with E-state index in [1.165, 1.54) is 0 Å². The Labute approximate surface area is 72.6 Å². The Morgan fingerprint density at radius 2 is 2.17 bits per heavy atom. The molecule has 2 nitrogen and oxygen atoms in total. The molecule has 1 heterocycles. The molecule has 0 aliphatic heterocycles. The lowest BCUT2D eigenvalue weighted by atomic mass is 10.3. The number of rotatable bonds is 1. The first kappa shape index (κ1) is 7.55. The van der Waals surface area contributed by atoms with Gasteiger partial charge in [-0.05, 0) is 24.3 Å². The van der Waals surface area contributed by atoms with E-state index in [0.29, 0.717) is 0 Å². The smallest absolute Gasteiger partial charge is 0.133 e. The molecule has 0 aliphatic carbocycles. The predicted octanol–water partition coefficient (Wildman–Crippen LogP) is 2.17. The van der Waals surface area contributed by atoms with Crippen LogP contribution in [0.4, 0.5) is 0 Å². The van der Waals surface area contributed by atoms with E-state index in [2.05, 4.69) is 0 Å². The summed E-state index contributed by atoms with van der Waals surface area (Å²) in [6.45, 7) is 0. The van der Waals surface area contributed by atoms with Gasteiger partial charge < -0.3 is 4.42 Å². The van der Waals surface area contributed by atoms with Crippen molar-refractivity contribution >= 4 is 21.8 Å². The summed E-state index contributed by atoms with van der Waals surface area (Å²) < 4.78 is 16.2. The van der Waals surface area contributed by atoms with E-state index in [1.54, 1.807) is 12.5 Å². The average Bonchev–Trinajstić information content (AvgIpc) is 2.49. The van der Waals surface area contributed by atoms with Crippen LogP contribution in [0.15, 0.2) is 39.8 Å². The zero-order chi connectivity index (χ0) is 8.55. The van der Waals surface area contributed by atoms with Crippen molar-refractivity contribution in [3.8, 4) is 0 Å². The van der Waals surface area contributed by atoms with Crippen LogP contribution in [0.3, 0.4) is 0 Å². The van der Waals surface area contributed by atoms with Gasteiger partial charge in [-0.1, -0.05) is 0 Å². The maximum Gasteiger partial charge on any atom is 0.133 e. The Kier molecular flexibility index (Phi) is 1.73. The third-order valence-electron chi connectivity index (χ3n) is 1.76. The van der Waals surface area contributed by atoms with Gasteiger partial charge in [-0.25, -0.2) is 0 Å². The molecule has 0 spiro atoms. The van der Waals surface area contributed by atoms with Crippen molar-refractivity contribution in [2.24, 2.45) is 0 Å². The summed E-state index contributed by atoms with van der Waals surface area (Å²) >= 11 is 0. The van der Waals surface area contributed by atoms with E-state index < -0.39 is 10.8 Å². The summed E-state index contributed by atoms with van der Waals surface area (Å²) in [5.74, 6) is 0. The molecular weight excluding hydrogens is 172 g/mol. The second-order valence-electron chi connectivity index (χ2n) is 2.57. The predicted molar refractivity (Wildman–Crippen MR) is 48.5 cm³/mol. The summed E-state index contributed by atoms with van der Waals surface area (Å²) in [6, 6.07) is 7.41. The number of fused-ring (bicyclic) bond motifs is 1. The van der Waals surface area contributed by atoms with E-state index in [0.717, 1.165) is 15.9 Å². The lowest BCUT2D eigenvalue weighted by Crippen LogP contribution is -1.85. The summed E-state index contributed by atoms with van der Waals surface area (Å²) in [7, 11) is -0.911. The van der Waals surface area contributed by atoms with Gasteiger partial charge in [0.2, 0.25) is 0 Å². The van der Waals surface area contributed by atoms with Gasteiger partial charge in [0.15, 0.2) is 0 Å². The van der Waals surface area contributed by atoms with Gasteiger partial charge in [-0.15, -0.1) is 0 Å². The fraction of sp³-hybridized carbons (Fsp3) is 0.111. The van der Waals surface area contributed by atoms with Crippen molar-refractivity contribution in [1.82, 2.24) is 0 Å². The minimum Gasteiger partial charge on any atom is -0.464 e. The van der Waals surface area contributed by atoms with Gasteiger partial charge in [0, 0.05) is 27.3 Å². The molecular formula is C9H8O2S. The van der Waals surface area contributed by atoms with Crippen LogP contribution < -0.4 is 0 Å². The molecule has 0 saturated heterocycles. The molecule has 62 valence electrons. The first-order valence-corrected chi connectivity index (χ1v) is 5.14. The molecule has 0 aliphatic rings. The van der Waals surface area contributed by atoms with Gasteiger partial charge in [0.25, 0.3) is 0 Å². The molecule has 3 heteroatoms. The summed E-state index contributed by atoms with van der Waals surface area (Å²) in [5, 5.41) is 1.00. The van der Waals surface area contributed by atoms with E-state index >= 15 is 0 Å². The average molecular weight is 180 g/mol. The molecule has 0 fully saturated rings. The standard InChI is InChI=1S/C9H8O2S/c1-12(10)8-2-3-9-7(6-8)4-5-11-9/h2-6H,1H3. The lowest BCUT2D eigenvalue weighted by molar-refractivity contribution is 0.615. The summed E-state index contributed by atoms with van der Waals surface area (Å²) in [5.41, 5.74) is 0.837. The first-order chi connectivity index (χ1) is 5.77. The van der Waals surface area contributed by atoms with Crippen molar-refractivity contribution in [1.29, 1.82) is 0 Å². The van der Waals surface area contributed by atoms with E-state index in [-0.39, 0.29) is 0 Å². The van der Waals surface area contributed by atoms with E-state index in [9.17, 15) is 4.21 Å². The fourth-order valence-electron chi connectivity index (χ4n) is 1.12. The van der Waals surface area contributed by atoms with Crippen LogP contribution in [-0.4, -0.2) is 10.5 Å². The Balaban J connectivity index is 2.68. The molecule has 0 N–H and O–H groups in total. The third kappa shape index (κ3) is 1.16. The van der Waals surface area contributed by atoms with Crippen molar-refractivity contribution in [2.75, 3.05) is 6.26 Å². The van der Waals surface area contributed by atoms with Crippen LogP contribution in [0.1, 0.15) is 0 Å². The number of hydrogen-bond donors (Lipinski definition) is 0. The SMILES string of the molecule is CS(=O)c1ccc2occc2c1. The van der Waals surface area contributed by atoms with Gasteiger partial charge >= 0.3 is 0 Å². The summed E-state index contributed by atoms with van der Waals surface area (Å²) in [4.78, 5) is 0.837. The van der Waals surface area contributed by atoms with Crippen molar-refractivity contribution < 1.29 is 8.63 Å². The number of hydrogen-bond acceptors (Lipinski definition) is 2. The van der Waals surface area contributed by atoms with E-state index in [4.69, 9.17) is 4.42 Å². The minimum absolute atomic E-state index is 0.837. The molecule has 0 saturated carbocycles. The molecule has 12 heavy (non-hydrogen) atoms. The Bertz CT molecular complexity index is 431. The molecule has 1 aromatic heterocycles. The lowest BCUT2D eigenvalue weighted by Gasteiger charge is -1.94. The third-order valence-corrected chi connectivity index (χ3v) is 2.67. The van der Waals surface area contributed by atoms with Crippen LogP contribution in [0.5, 0.6) is 0 Å². The van der Waals surface area contributed by atoms with Gasteiger partial charge in [-0.2, -0.15) is 0 Å². The Hall–Kier alpha value is -1.09. The molecule has 0 amide bonds. The minimum atomic E-state index is -0.911. The highest BCUT2D eigenvalue weighted by Crippen LogP contribution is 2.18. The van der Waals surface area contributed by atoms with Crippen molar-refractivity contribution in [3.63, 3.8) is 0 Å². The van der Waals surface area contributed by atoms with E-state index in [1.807, 2.05) is 24.3 Å². The van der Waals surface area contributed by atoms with Crippen LogP contribution in [0.2, 0.25) is 0 Å². The second kappa shape index (κ2) is 2.75. The topological polar surface area (TPSA) is 30.2 Å². The Morgan fingerprint density at radius 1 is 1.33 bits per heavy atom. The van der Waals surface area contributed by atoms with Gasteiger partial charge in [-0.3, -0.25) is 4.21 Å². The fourth-order valence-corrected chi connectivity index (χ4v) is 1.68. The van der Waals surface area contributed by atoms with Crippen LogP contribution >= 0.6 is 0 Å². The van der Waals surface area contributed by atoms with Crippen LogP contribution in [0, 0.1) is 0 Å². The molecule has 1 aromatic carbocycles. The van der Waals surface area contributed by atoms with Gasteiger partial charge in [0.05, 0.1) is 6.26 Å². The second-order valence-corrected chi connectivity index (χ2v) is 3.95. The van der Waals surface area contributed by atoms with Gasteiger partial charge in [0.1, 0.15) is 5.58 Å². The molecule has 1 atom stereocenters. The molecule has 0 radical (unpaired) electrons. The zero-order valence-corrected chi connectivity index (χ0v) is 7.43. The van der Waals surface area contributed by atoms with Crippen molar-refractivity contribution in [2.45, 2.75) is 4.90 Å². The molecule has 1 unspecified atom stereocenters. The molecule has 2 aromatic rings. The quantitative estimate of drug-likeness (QED) is 0.673. The first-order valence-electron chi connectivity index (χ1n) is 3.58. The van der Waals surface area contributed by atoms with Crippen LogP contribution in [-0.2, 0) is 10.8 Å². The van der Waals surface area contributed by atoms with Crippen LogP contribution in [0.25, 0.3) is 11.0 Å². The number of benzene rings is 1. The number of furan rings is 1. The monoisotopic (exact) mass is 180 g/mol. The highest BCUT2D eigenvalue weighted by Gasteiger charge is 2.00. The largest absolute Gasteiger partial charge is 0.464 e. The Morgan fingerprint density at radius 3 is 2.92 bits per heavy atom. The highest BCUT2D eigenvalue weighted by molar-refractivity contribution is 7.84. The molecule has 2 rings (SSSR count). The normalized spacial score (nSPS) is 13.4. The summed E-state index contributed by atoms with van der Waals surface area (Å²) in [6.07, 6.45) is 3.30.